The average molecular weight is 379 g/mol. The van der Waals surface area contributed by atoms with Crippen molar-refractivity contribution in [3.05, 3.63) is 50.2 Å². The Morgan fingerprint density at radius 2 is 1.95 bits per heavy atom. The van der Waals surface area contributed by atoms with Gasteiger partial charge in [-0.15, -0.1) is 0 Å². The summed E-state index contributed by atoms with van der Waals surface area (Å²) in [6, 6.07) is 1.55. The summed E-state index contributed by atoms with van der Waals surface area (Å²) in [5.41, 5.74) is 7.24. The van der Waals surface area contributed by atoms with E-state index in [1.54, 1.807) is 11.7 Å². The van der Waals surface area contributed by atoms with Crippen molar-refractivity contribution in [3.8, 4) is 0 Å². The maximum absolute atomic E-state index is 13.9. The number of halogens is 4. The monoisotopic (exact) mass is 377 g/mol. The first kappa shape index (κ1) is 16.4. The molecule has 0 saturated heterocycles. The second-order valence-corrected chi connectivity index (χ2v) is 6.07. The maximum Gasteiger partial charge on any atom is 0.132 e. The van der Waals surface area contributed by atoms with Gasteiger partial charge in [-0.2, -0.15) is 5.10 Å². The van der Waals surface area contributed by atoms with E-state index >= 15 is 0 Å². The Labute approximate surface area is 135 Å². The van der Waals surface area contributed by atoms with Crippen LogP contribution in [0.3, 0.4) is 0 Å². The first-order chi connectivity index (χ1) is 9.85. The van der Waals surface area contributed by atoms with Crippen LogP contribution >= 0.6 is 27.5 Å². The van der Waals surface area contributed by atoms with Gasteiger partial charge in [0.15, 0.2) is 0 Å². The van der Waals surface area contributed by atoms with Gasteiger partial charge in [0.05, 0.1) is 16.4 Å². The van der Waals surface area contributed by atoms with Crippen molar-refractivity contribution in [3.63, 3.8) is 0 Å². The molecule has 1 aromatic heterocycles. The molecule has 0 spiro atoms. The number of rotatable bonds is 4. The molecule has 3 nitrogen and oxygen atoms in total. The van der Waals surface area contributed by atoms with Crippen LogP contribution in [0.1, 0.15) is 29.9 Å². The van der Waals surface area contributed by atoms with E-state index in [9.17, 15) is 8.78 Å². The maximum atomic E-state index is 13.9. The topological polar surface area (TPSA) is 43.8 Å². The Balaban J connectivity index is 2.35. The van der Waals surface area contributed by atoms with E-state index < -0.39 is 17.7 Å². The van der Waals surface area contributed by atoms with Gasteiger partial charge in [-0.3, -0.25) is 4.68 Å². The molecular weight excluding hydrogens is 364 g/mol. The largest absolute Gasteiger partial charge is 0.323 e. The van der Waals surface area contributed by atoms with Gasteiger partial charge in [-0.05, 0) is 18.6 Å². The predicted octanol–water partition coefficient (Wildman–Crippen LogP) is 3.92. The summed E-state index contributed by atoms with van der Waals surface area (Å²) in [6.45, 7) is 1.94. The normalized spacial score (nSPS) is 12.7. The number of aryl methyl sites for hydroxylation is 2. The summed E-state index contributed by atoms with van der Waals surface area (Å²) in [5, 5.41) is 4.78. The van der Waals surface area contributed by atoms with Gasteiger partial charge in [0.25, 0.3) is 0 Å². The summed E-state index contributed by atoms with van der Waals surface area (Å²) in [5.74, 6) is -1.35. The Morgan fingerprint density at radius 1 is 1.38 bits per heavy atom. The summed E-state index contributed by atoms with van der Waals surface area (Å²) in [4.78, 5) is 0. The number of aromatic nitrogens is 2. The molecule has 0 fully saturated rings. The highest BCUT2D eigenvalue weighted by molar-refractivity contribution is 9.10. The zero-order valence-corrected chi connectivity index (χ0v) is 14.0. The van der Waals surface area contributed by atoms with Crippen LogP contribution in [0.4, 0.5) is 8.78 Å². The van der Waals surface area contributed by atoms with Gasteiger partial charge in [-0.25, -0.2) is 8.78 Å². The van der Waals surface area contributed by atoms with Crippen LogP contribution < -0.4 is 5.73 Å². The predicted molar refractivity (Wildman–Crippen MR) is 82.3 cm³/mol. The molecule has 7 heteroatoms. The third-order valence-electron chi connectivity index (χ3n) is 3.33. The molecule has 1 heterocycles. The lowest BCUT2D eigenvalue weighted by molar-refractivity contribution is 0.517. The van der Waals surface area contributed by atoms with E-state index in [-0.39, 0.29) is 12.0 Å². The van der Waals surface area contributed by atoms with Crippen molar-refractivity contribution in [2.75, 3.05) is 0 Å². The fourth-order valence-corrected chi connectivity index (χ4v) is 3.03. The first-order valence-electron chi connectivity index (χ1n) is 6.45. The molecular formula is C14H15BrClF2N3. The van der Waals surface area contributed by atoms with E-state index in [0.29, 0.717) is 21.6 Å². The van der Waals surface area contributed by atoms with Crippen LogP contribution in [-0.4, -0.2) is 9.78 Å². The van der Waals surface area contributed by atoms with E-state index in [1.807, 2.05) is 6.92 Å². The number of nitrogens with two attached hydrogens (primary N) is 1. The lowest BCUT2D eigenvalue weighted by Gasteiger charge is -2.15. The van der Waals surface area contributed by atoms with Crippen LogP contribution in [0.2, 0.25) is 5.02 Å². The minimum absolute atomic E-state index is 0.145. The number of hydrogen-bond donors (Lipinski definition) is 1. The molecule has 2 rings (SSSR count). The van der Waals surface area contributed by atoms with Crippen molar-refractivity contribution < 1.29 is 8.78 Å². The van der Waals surface area contributed by atoms with E-state index in [4.69, 9.17) is 17.3 Å². The molecule has 0 aliphatic rings. The molecule has 2 N–H and O–H groups in total. The quantitative estimate of drug-likeness (QED) is 0.876. The summed E-state index contributed by atoms with van der Waals surface area (Å²) in [7, 11) is 1.74. The zero-order chi connectivity index (χ0) is 15.7. The Kier molecular flexibility index (Phi) is 5.01. The van der Waals surface area contributed by atoms with E-state index in [2.05, 4.69) is 21.0 Å². The molecule has 0 radical (unpaired) electrons. The van der Waals surface area contributed by atoms with Gasteiger partial charge in [0.1, 0.15) is 11.6 Å². The standard InChI is InChI=1S/C14H15BrClF2N3/c1-3-11-14(16)12(21(2)20-11)6-10(19)13-8(17)4-7(15)5-9(13)18/h4-5,10H,3,6,19H2,1-2H3. The van der Waals surface area contributed by atoms with Crippen molar-refractivity contribution in [1.29, 1.82) is 0 Å². The Bertz CT molecular complexity index is 649. The summed E-state index contributed by atoms with van der Waals surface area (Å²) in [6.07, 6.45) is 0.890. The third kappa shape index (κ3) is 3.27. The molecule has 0 amide bonds. The van der Waals surface area contributed by atoms with Crippen LogP contribution in [0.25, 0.3) is 0 Å². The lowest BCUT2D eigenvalue weighted by Crippen LogP contribution is -2.18. The molecule has 0 bridgehead atoms. The average Bonchev–Trinajstić information content (AvgIpc) is 2.65. The highest BCUT2D eigenvalue weighted by atomic mass is 79.9. The highest BCUT2D eigenvalue weighted by Crippen LogP contribution is 2.29. The molecule has 1 unspecified atom stereocenters. The molecule has 1 atom stereocenters. The van der Waals surface area contributed by atoms with Crippen molar-refractivity contribution in [1.82, 2.24) is 9.78 Å². The van der Waals surface area contributed by atoms with Gasteiger partial charge in [0, 0.05) is 29.5 Å². The molecule has 0 aliphatic heterocycles. The molecule has 0 aliphatic carbocycles. The van der Waals surface area contributed by atoms with Crippen LogP contribution in [0, 0.1) is 11.6 Å². The minimum atomic E-state index is -0.837. The lowest BCUT2D eigenvalue weighted by atomic mass is 10.0. The SMILES string of the molecule is CCc1nn(C)c(CC(N)c2c(F)cc(Br)cc2F)c1Cl. The van der Waals surface area contributed by atoms with Crippen LogP contribution in [-0.2, 0) is 19.9 Å². The van der Waals surface area contributed by atoms with Crippen LogP contribution in [0.5, 0.6) is 0 Å². The molecule has 1 aromatic carbocycles. The third-order valence-corrected chi connectivity index (χ3v) is 4.22. The number of nitrogens with zero attached hydrogens (tertiary/aromatic N) is 2. The van der Waals surface area contributed by atoms with E-state index in [0.717, 1.165) is 5.69 Å². The number of benzene rings is 1. The summed E-state index contributed by atoms with van der Waals surface area (Å²) >= 11 is 9.28. The fourth-order valence-electron chi connectivity index (χ4n) is 2.26. The smallest absolute Gasteiger partial charge is 0.132 e. The van der Waals surface area contributed by atoms with Crippen molar-refractivity contribution in [2.24, 2.45) is 12.8 Å². The zero-order valence-electron chi connectivity index (χ0n) is 11.6. The molecule has 21 heavy (non-hydrogen) atoms. The second-order valence-electron chi connectivity index (χ2n) is 4.78. The second kappa shape index (κ2) is 6.42. The van der Waals surface area contributed by atoms with Crippen LogP contribution in [0.15, 0.2) is 16.6 Å². The van der Waals surface area contributed by atoms with Crippen molar-refractivity contribution in [2.45, 2.75) is 25.8 Å². The molecule has 0 saturated carbocycles. The van der Waals surface area contributed by atoms with Gasteiger partial charge < -0.3 is 5.73 Å². The minimum Gasteiger partial charge on any atom is -0.323 e. The first-order valence-corrected chi connectivity index (χ1v) is 7.62. The molecule has 2 aromatic rings. The number of hydrogen-bond acceptors (Lipinski definition) is 2. The molecule has 114 valence electrons. The van der Waals surface area contributed by atoms with Gasteiger partial charge >= 0.3 is 0 Å². The fraction of sp³-hybridized carbons (Fsp3) is 0.357. The summed E-state index contributed by atoms with van der Waals surface area (Å²) < 4.78 is 29.8. The van der Waals surface area contributed by atoms with Gasteiger partial charge in [0.2, 0.25) is 0 Å². The Hall–Kier alpha value is -0.980. The Morgan fingerprint density at radius 3 is 2.43 bits per heavy atom. The van der Waals surface area contributed by atoms with Crippen molar-refractivity contribution >= 4 is 27.5 Å². The van der Waals surface area contributed by atoms with Gasteiger partial charge in [-0.1, -0.05) is 34.5 Å². The van der Waals surface area contributed by atoms with E-state index in [1.165, 1.54) is 12.1 Å². The highest BCUT2D eigenvalue weighted by Gasteiger charge is 2.22.